The summed E-state index contributed by atoms with van der Waals surface area (Å²) in [6.45, 7) is 7.84. The molecule has 0 saturated heterocycles. The molecule has 232 valence electrons. The van der Waals surface area contributed by atoms with Crippen molar-refractivity contribution in [3.8, 4) is 11.8 Å². The highest BCUT2D eigenvalue weighted by Gasteiger charge is 2.51. The predicted octanol–water partition coefficient (Wildman–Crippen LogP) is 5.16. The number of hydrogen-bond donors (Lipinski definition) is 3. The van der Waals surface area contributed by atoms with E-state index < -0.39 is 28.7 Å². The molecular weight excluding hydrogens is 575 g/mol. The Kier molecular flexibility index (Phi) is 8.33. The quantitative estimate of drug-likeness (QED) is 0.301. The second kappa shape index (κ2) is 11.9. The van der Waals surface area contributed by atoms with E-state index in [-0.39, 0.29) is 12.2 Å². The number of hydrazine groups is 1. The zero-order valence-electron chi connectivity index (χ0n) is 25.1. The van der Waals surface area contributed by atoms with Crippen molar-refractivity contribution in [2.24, 2.45) is 5.41 Å². The van der Waals surface area contributed by atoms with Gasteiger partial charge in [-0.1, -0.05) is 28.8 Å². The van der Waals surface area contributed by atoms with Gasteiger partial charge in [0, 0.05) is 36.8 Å². The van der Waals surface area contributed by atoms with Crippen LogP contribution in [-0.4, -0.2) is 58.4 Å². The van der Waals surface area contributed by atoms with Crippen molar-refractivity contribution in [2.45, 2.75) is 45.7 Å². The van der Waals surface area contributed by atoms with E-state index in [0.29, 0.717) is 24.4 Å². The van der Waals surface area contributed by atoms with E-state index in [4.69, 9.17) is 9.26 Å². The minimum Gasteiger partial charge on any atom is -0.383 e. The Hall–Kier alpha value is -4.54. The van der Waals surface area contributed by atoms with Gasteiger partial charge in [-0.05, 0) is 52.2 Å². The van der Waals surface area contributed by atoms with Crippen LogP contribution in [0.4, 0.5) is 24.7 Å². The van der Waals surface area contributed by atoms with E-state index in [1.54, 1.807) is 19.4 Å². The molecule has 1 aliphatic heterocycles. The van der Waals surface area contributed by atoms with E-state index in [1.165, 1.54) is 0 Å². The van der Waals surface area contributed by atoms with Crippen molar-refractivity contribution in [3.05, 3.63) is 77.2 Å². The molecule has 13 heteroatoms. The van der Waals surface area contributed by atoms with Crippen LogP contribution in [0.2, 0.25) is 0 Å². The number of fused-ring (bicyclic) bond motifs is 1. The van der Waals surface area contributed by atoms with Gasteiger partial charge in [-0.25, -0.2) is 10.4 Å². The average molecular weight is 610 g/mol. The summed E-state index contributed by atoms with van der Waals surface area (Å²) in [5.74, 6) is 5.60. The Morgan fingerprint density at radius 1 is 1.30 bits per heavy atom. The maximum Gasteiger partial charge on any atom is 0.401 e. The van der Waals surface area contributed by atoms with Crippen LogP contribution in [0.25, 0.3) is 5.65 Å². The summed E-state index contributed by atoms with van der Waals surface area (Å²) in [6.07, 6.45) is 4.85. The van der Waals surface area contributed by atoms with Gasteiger partial charge in [0.05, 0.1) is 37.0 Å². The van der Waals surface area contributed by atoms with Crippen LogP contribution in [0.5, 0.6) is 0 Å². The molecule has 0 radical (unpaired) electrons. The van der Waals surface area contributed by atoms with Gasteiger partial charge >= 0.3 is 6.18 Å². The lowest BCUT2D eigenvalue weighted by Gasteiger charge is -2.28. The minimum atomic E-state index is -4.54. The van der Waals surface area contributed by atoms with E-state index in [1.807, 2.05) is 53.9 Å². The van der Waals surface area contributed by atoms with Crippen molar-refractivity contribution < 1.29 is 27.2 Å². The number of carbonyl (C=O) groups excluding carboxylic acids is 1. The monoisotopic (exact) mass is 609 g/mol. The summed E-state index contributed by atoms with van der Waals surface area (Å²) >= 11 is 0. The standard InChI is InChI=1S/C31H34F3N7O3/c1-20-8-9-21(28(42)38-26-15-25(44-39-26)29(2,3)31(32,33)34)16-30(20,4)11-10-23-18-35-27-24(7-6-12-41(23)27)37-22-17-36-40(19-22)13-14-43-5/h6-9,12,15,18-19,36-37H,13-14,16-17H2,1-5H3,(H,38,39,42). The number of imidazole rings is 1. The van der Waals surface area contributed by atoms with Gasteiger partial charge in [-0.2, -0.15) is 13.2 Å². The molecule has 5 rings (SSSR count). The van der Waals surface area contributed by atoms with Crippen molar-refractivity contribution in [1.29, 1.82) is 0 Å². The van der Waals surface area contributed by atoms with Crippen LogP contribution in [-0.2, 0) is 14.9 Å². The lowest BCUT2D eigenvalue weighted by atomic mass is 9.74. The number of halogens is 3. The summed E-state index contributed by atoms with van der Waals surface area (Å²) in [5.41, 5.74) is 4.94. The third kappa shape index (κ3) is 6.22. The number of aromatic nitrogens is 3. The van der Waals surface area contributed by atoms with Crippen LogP contribution in [0.1, 0.15) is 45.6 Å². The molecule has 1 unspecified atom stereocenters. The van der Waals surface area contributed by atoms with E-state index in [0.717, 1.165) is 49.1 Å². The molecule has 0 aromatic carbocycles. The van der Waals surface area contributed by atoms with Gasteiger partial charge in [-0.15, -0.1) is 0 Å². The predicted molar refractivity (Wildman–Crippen MR) is 159 cm³/mol. The van der Waals surface area contributed by atoms with Crippen LogP contribution in [0, 0.1) is 17.3 Å². The first-order chi connectivity index (χ1) is 20.8. The van der Waals surface area contributed by atoms with Crippen LogP contribution < -0.4 is 16.1 Å². The van der Waals surface area contributed by atoms with Crippen LogP contribution in [0.3, 0.4) is 0 Å². The molecule has 0 saturated carbocycles. The first-order valence-electron chi connectivity index (χ1n) is 14.0. The van der Waals surface area contributed by atoms with Crippen LogP contribution >= 0.6 is 0 Å². The molecule has 0 bridgehead atoms. The number of alkyl halides is 3. The highest BCUT2D eigenvalue weighted by molar-refractivity contribution is 6.03. The van der Waals surface area contributed by atoms with E-state index in [2.05, 4.69) is 38.0 Å². The molecule has 44 heavy (non-hydrogen) atoms. The molecule has 3 N–H and O–H groups in total. The van der Waals surface area contributed by atoms with E-state index >= 15 is 0 Å². The Morgan fingerprint density at radius 2 is 2.09 bits per heavy atom. The fraction of sp³-hybridized carbons (Fsp3) is 0.387. The van der Waals surface area contributed by atoms with Gasteiger partial charge in [0.2, 0.25) is 0 Å². The number of methoxy groups -OCH3 is 1. The summed E-state index contributed by atoms with van der Waals surface area (Å²) in [5, 5.41) is 11.6. The van der Waals surface area contributed by atoms with Crippen molar-refractivity contribution in [3.63, 3.8) is 0 Å². The van der Waals surface area contributed by atoms with Gasteiger partial charge < -0.3 is 24.9 Å². The molecule has 0 spiro atoms. The minimum absolute atomic E-state index is 0.0933. The number of hydrogen-bond acceptors (Lipinski definition) is 8. The first-order valence-corrected chi connectivity index (χ1v) is 14.0. The largest absolute Gasteiger partial charge is 0.401 e. The normalized spacial score (nSPS) is 18.8. The Labute approximate surface area is 253 Å². The third-order valence-corrected chi connectivity index (χ3v) is 7.93. The van der Waals surface area contributed by atoms with Gasteiger partial charge in [-0.3, -0.25) is 9.20 Å². The number of amides is 1. The summed E-state index contributed by atoms with van der Waals surface area (Å²) in [7, 11) is 1.67. The Morgan fingerprint density at radius 3 is 2.84 bits per heavy atom. The molecule has 1 aliphatic carbocycles. The molecule has 10 nitrogen and oxygen atoms in total. The number of anilines is 2. The summed E-state index contributed by atoms with van der Waals surface area (Å²) in [4.78, 5) is 17.7. The van der Waals surface area contributed by atoms with Gasteiger partial charge in [0.25, 0.3) is 5.91 Å². The molecule has 4 heterocycles. The number of carbonyl (C=O) groups is 1. The average Bonchev–Trinajstić information content (AvgIpc) is 3.72. The lowest BCUT2D eigenvalue weighted by molar-refractivity contribution is -0.185. The molecule has 3 aromatic rings. The van der Waals surface area contributed by atoms with Crippen molar-refractivity contribution in [2.75, 3.05) is 37.4 Å². The molecule has 2 aliphatic rings. The number of nitrogens with zero attached hydrogens (tertiary/aromatic N) is 4. The fourth-order valence-corrected chi connectivity index (χ4v) is 4.70. The molecule has 3 aromatic heterocycles. The molecule has 1 amide bonds. The number of allylic oxidation sites excluding steroid dienone is 3. The van der Waals surface area contributed by atoms with Crippen molar-refractivity contribution >= 4 is 23.1 Å². The SMILES string of the molecule is COCCN1C=C(Nc2cccn3c(C#CC4(C)CC(C(=O)Nc5cc(C(C)(C)C(F)(F)F)on5)=CC=C4C)cnc23)CN1. The first kappa shape index (κ1) is 30.9. The number of ether oxygens (including phenoxy) is 1. The highest BCUT2D eigenvalue weighted by Crippen LogP contribution is 2.41. The van der Waals surface area contributed by atoms with Crippen LogP contribution in [0.15, 0.2) is 70.3 Å². The third-order valence-electron chi connectivity index (χ3n) is 7.93. The second-order valence-corrected chi connectivity index (χ2v) is 11.5. The maximum atomic E-state index is 13.4. The molecule has 0 fully saturated rings. The Balaban J connectivity index is 1.30. The van der Waals surface area contributed by atoms with E-state index in [9.17, 15) is 18.0 Å². The number of nitrogens with one attached hydrogen (secondary N) is 3. The lowest BCUT2D eigenvalue weighted by Crippen LogP contribution is -2.35. The second-order valence-electron chi connectivity index (χ2n) is 11.5. The topological polar surface area (TPSA) is 109 Å². The number of rotatable bonds is 8. The molecular formula is C31H34F3N7O3. The summed E-state index contributed by atoms with van der Waals surface area (Å²) < 4.78 is 52.1. The van der Waals surface area contributed by atoms with Gasteiger partial charge in [0.15, 0.2) is 17.2 Å². The maximum absolute atomic E-state index is 13.4. The number of pyridine rings is 1. The zero-order chi connectivity index (χ0) is 31.7. The zero-order valence-corrected chi connectivity index (χ0v) is 25.1. The van der Waals surface area contributed by atoms with Crippen molar-refractivity contribution in [1.82, 2.24) is 25.0 Å². The highest BCUT2D eigenvalue weighted by atomic mass is 19.4. The fourth-order valence-electron chi connectivity index (χ4n) is 4.70. The smallest absolute Gasteiger partial charge is 0.383 e. The molecule has 1 atom stereocenters. The summed E-state index contributed by atoms with van der Waals surface area (Å²) in [6, 6.07) is 4.96. The van der Waals surface area contributed by atoms with Gasteiger partial charge in [0.1, 0.15) is 11.1 Å². The Bertz CT molecular complexity index is 1720.